The number of nitrogens with one attached hydrogen (secondary N) is 1. The van der Waals surface area contributed by atoms with Gasteiger partial charge in [0.2, 0.25) is 6.41 Å². The van der Waals surface area contributed by atoms with E-state index in [-0.39, 0.29) is 5.91 Å². The lowest BCUT2D eigenvalue weighted by atomic mass is 9.91. The van der Waals surface area contributed by atoms with E-state index in [2.05, 4.69) is 5.32 Å². The fourth-order valence-corrected chi connectivity index (χ4v) is 3.17. The van der Waals surface area contributed by atoms with Gasteiger partial charge in [-0.3, -0.25) is 9.59 Å². The Morgan fingerprint density at radius 3 is 2.11 bits per heavy atom. The van der Waals surface area contributed by atoms with Crippen LogP contribution in [0, 0.1) is 6.92 Å². The number of amides is 2. The van der Waals surface area contributed by atoms with Crippen molar-refractivity contribution in [3.63, 3.8) is 0 Å². The number of halogens is 2. The van der Waals surface area contributed by atoms with Gasteiger partial charge in [-0.05, 0) is 37.6 Å². The van der Waals surface area contributed by atoms with Crippen molar-refractivity contribution in [1.82, 2.24) is 5.32 Å². The van der Waals surface area contributed by atoms with E-state index in [4.69, 9.17) is 23.2 Å². The second-order valence-corrected chi connectivity index (χ2v) is 7.12. The molecule has 0 aliphatic heterocycles. The minimum atomic E-state index is -1.10. The Morgan fingerprint density at radius 1 is 1.11 bits per heavy atom. The van der Waals surface area contributed by atoms with Crippen LogP contribution in [0.1, 0.15) is 31.9 Å². The van der Waals surface area contributed by atoms with Crippen molar-refractivity contribution in [1.29, 1.82) is 0 Å². The van der Waals surface area contributed by atoms with Crippen LogP contribution in [0.2, 0.25) is 10.0 Å². The Morgan fingerprint density at radius 2 is 1.63 bits per heavy atom. The molecule has 2 aromatic carbocycles. The Hall–Kier alpha value is -2.04. The van der Waals surface area contributed by atoms with Gasteiger partial charge in [-0.15, -0.1) is 0 Å². The van der Waals surface area contributed by atoms with E-state index in [1.165, 1.54) is 4.90 Å². The Bertz CT molecular complexity index is 758. The standard InChI is InChI=1S/C19H20Cl2N2O2.C2H6/c1-13-4-6-14(7-5-13)11-19(2,22-12-24)18(25)23(3)17-9-15(20)8-16(21)10-17;1-2/h4-10,12H,11H2,1-3H3,(H,22,24);1-2H3. The van der Waals surface area contributed by atoms with Crippen LogP contribution in [0.25, 0.3) is 0 Å². The van der Waals surface area contributed by atoms with E-state index in [9.17, 15) is 9.59 Å². The number of rotatable bonds is 6. The summed E-state index contributed by atoms with van der Waals surface area (Å²) in [6.45, 7) is 7.70. The normalized spacial score (nSPS) is 12.3. The summed E-state index contributed by atoms with van der Waals surface area (Å²) < 4.78 is 0. The average molecular weight is 409 g/mol. The van der Waals surface area contributed by atoms with Crippen molar-refractivity contribution >= 4 is 41.2 Å². The number of carbonyl (C=O) groups excluding carboxylic acids is 2. The highest BCUT2D eigenvalue weighted by atomic mass is 35.5. The third kappa shape index (κ3) is 6.26. The van der Waals surface area contributed by atoms with Crippen LogP contribution in [0.15, 0.2) is 42.5 Å². The highest BCUT2D eigenvalue weighted by Gasteiger charge is 2.36. The zero-order chi connectivity index (χ0) is 20.6. The van der Waals surface area contributed by atoms with Gasteiger partial charge in [-0.1, -0.05) is 66.9 Å². The molecule has 1 N–H and O–H groups in total. The van der Waals surface area contributed by atoms with Crippen LogP contribution < -0.4 is 10.2 Å². The molecule has 1 atom stereocenters. The zero-order valence-electron chi connectivity index (χ0n) is 16.3. The van der Waals surface area contributed by atoms with Crippen molar-refractivity contribution in [3.8, 4) is 0 Å². The molecule has 0 aromatic heterocycles. The van der Waals surface area contributed by atoms with Crippen molar-refractivity contribution in [2.24, 2.45) is 0 Å². The molecule has 0 bridgehead atoms. The van der Waals surface area contributed by atoms with E-state index in [1.54, 1.807) is 32.2 Å². The molecule has 2 aromatic rings. The van der Waals surface area contributed by atoms with Gasteiger partial charge < -0.3 is 10.2 Å². The summed E-state index contributed by atoms with van der Waals surface area (Å²) >= 11 is 12.0. The number of carbonyl (C=O) groups is 2. The van der Waals surface area contributed by atoms with E-state index in [1.807, 2.05) is 45.0 Å². The van der Waals surface area contributed by atoms with Crippen molar-refractivity contribution in [2.45, 2.75) is 39.7 Å². The lowest BCUT2D eigenvalue weighted by Gasteiger charge is -2.32. The van der Waals surface area contributed by atoms with Gasteiger partial charge in [0.05, 0.1) is 0 Å². The molecule has 2 amide bonds. The maximum atomic E-state index is 13.1. The van der Waals surface area contributed by atoms with Gasteiger partial charge in [0.1, 0.15) is 5.54 Å². The molecule has 0 fully saturated rings. The fourth-order valence-electron chi connectivity index (χ4n) is 2.65. The second-order valence-electron chi connectivity index (χ2n) is 6.25. The minimum Gasteiger partial charge on any atom is -0.344 e. The molecule has 2 rings (SSSR count). The molecular formula is C21H26Cl2N2O2. The number of nitrogens with zero attached hydrogens (tertiary/aromatic N) is 1. The maximum absolute atomic E-state index is 13.1. The smallest absolute Gasteiger partial charge is 0.252 e. The summed E-state index contributed by atoms with van der Waals surface area (Å²) in [6.07, 6.45) is 0.911. The molecule has 146 valence electrons. The molecule has 6 heteroatoms. The predicted molar refractivity (Wildman–Crippen MR) is 114 cm³/mol. The predicted octanol–water partition coefficient (Wildman–Crippen LogP) is 5.04. The highest BCUT2D eigenvalue weighted by Crippen LogP contribution is 2.27. The average Bonchev–Trinajstić information content (AvgIpc) is 2.63. The van der Waals surface area contributed by atoms with Gasteiger partial charge in [0.25, 0.3) is 5.91 Å². The summed E-state index contributed by atoms with van der Waals surface area (Å²) in [4.78, 5) is 25.6. The largest absolute Gasteiger partial charge is 0.344 e. The highest BCUT2D eigenvalue weighted by molar-refractivity contribution is 6.35. The minimum absolute atomic E-state index is 0.265. The maximum Gasteiger partial charge on any atom is 0.252 e. The number of aryl methyl sites for hydroxylation is 1. The van der Waals surface area contributed by atoms with Crippen molar-refractivity contribution in [2.75, 3.05) is 11.9 Å². The van der Waals surface area contributed by atoms with Crippen LogP contribution in [-0.2, 0) is 16.0 Å². The second kappa shape index (κ2) is 10.3. The van der Waals surface area contributed by atoms with Crippen molar-refractivity contribution in [3.05, 3.63) is 63.6 Å². The summed E-state index contributed by atoms with van der Waals surface area (Å²) in [7, 11) is 1.63. The zero-order valence-corrected chi connectivity index (χ0v) is 17.9. The topological polar surface area (TPSA) is 49.4 Å². The van der Waals surface area contributed by atoms with Crippen LogP contribution in [0.4, 0.5) is 5.69 Å². The first-order valence-electron chi connectivity index (χ1n) is 8.76. The molecule has 0 radical (unpaired) electrons. The molecule has 0 saturated carbocycles. The third-order valence-electron chi connectivity index (χ3n) is 4.07. The molecule has 0 heterocycles. The first kappa shape index (κ1) is 23.0. The molecular weight excluding hydrogens is 383 g/mol. The molecule has 0 aliphatic rings. The van der Waals surface area contributed by atoms with E-state index in [0.717, 1.165) is 11.1 Å². The van der Waals surface area contributed by atoms with Gasteiger partial charge in [0, 0.05) is 29.2 Å². The van der Waals surface area contributed by atoms with E-state index in [0.29, 0.717) is 28.6 Å². The lowest BCUT2D eigenvalue weighted by molar-refractivity contribution is -0.127. The summed E-state index contributed by atoms with van der Waals surface area (Å²) in [5.74, 6) is -0.265. The van der Waals surface area contributed by atoms with E-state index >= 15 is 0 Å². The fraction of sp³-hybridized carbons (Fsp3) is 0.333. The first-order valence-corrected chi connectivity index (χ1v) is 9.52. The van der Waals surface area contributed by atoms with Crippen molar-refractivity contribution < 1.29 is 9.59 Å². The lowest BCUT2D eigenvalue weighted by Crippen LogP contribution is -2.56. The molecule has 0 aliphatic carbocycles. The number of likely N-dealkylation sites (N-methyl/N-ethyl adjacent to an activating group) is 1. The van der Waals surface area contributed by atoms with E-state index < -0.39 is 5.54 Å². The van der Waals surface area contributed by atoms with Crippen LogP contribution >= 0.6 is 23.2 Å². The third-order valence-corrected chi connectivity index (χ3v) is 4.50. The van der Waals surface area contributed by atoms with Crippen LogP contribution in [0.3, 0.4) is 0 Å². The summed E-state index contributed by atoms with van der Waals surface area (Å²) in [6, 6.07) is 12.7. The Balaban J connectivity index is 0.00000176. The number of hydrogen-bond donors (Lipinski definition) is 1. The molecule has 27 heavy (non-hydrogen) atoms. The van der Waals surface area contributed by atoms with Crippen LogP contribution in [-0.4, -0.2) is 24.9 Å². The Kier molecular flexibility index (Phi) is 8.80. The Labute approximate surface area is 171 Å². The molecule has 0 saturated heterocycles. The quantitative estimate of drug-likeness (QED) is 0.680. The van der Waals surface area contributed by atoms with Gasteiger partial charge >= 0.3 is 0 Å². The first-order chi connectivity index (χ1) is 12.7. The summed E-state index contributed by atoms with van der Waals surface area (Å²) in [5, 5.41) is 3.54. The molecule has 0 spiro atoms. The number of hydrogen-bond acceptors (Lipinski definition) is 2. The SMILES string of the molecule is CC.Cc1ccc(CC(C)(NC=O)C(=O)N(C)c2cc(Cl)cc(Cl)c2)cc1. The molecule has 4 nitrogen and oxygen atoms in total. The monoisotopic (exact) mass is 408 g/mol. The number of anilines is 1. The van der Waals surface area contributed by atoms with Gasteiger partial charge in [0.15, 0.2) is 0 Å². The molecule has 1 unspecified atom stereocenters. The van der Waals surface area contributed by atoms with Crippen LogP contribution in [0.5, 0.6) is 0 Å². The number of benzene rings is 2. The van der Waals surface area contributed by atoms with Gasteiger partial charge in [-0.25, -0.2) is 0 Å². The van der Waals surface area contributed by atoms with Gasteiger partial charge in [-0.2, -0.15) is 0 Å². The summed E-state index contributed by atoms with van der Waals surface area (Å²) in [5.41, 5.74) is 1.55.